The minimum absolute atomic E-state index is 0.212. The van der Waals surface area contributed by atoms with Gasteiger partial charge in [-0.1, -0.05) is 17.7 Å². The lowest BCUT2D eigenvalue weighted by Gasteiger charge is -2.08. The molecule has 0 atom stereocenters. The van der Waals surface area contributed by atoms with Gasteiger partial charge < -0.3 is 5.32 Å². The lowest BCUT2D eigenvalue weighted by Crippen LogP contribution is -2.33. The van der Waals surface area contributed by atoms with Crippen molar-refractivity contribution in [3.63, 3.8) is 0 Å². The van der Waals surface area contributed by atoms with Crippen LogP contribution >= 0.6 is 35.2 Å². The molecule has 0 saturated heterocycles. The number of rotatable bonds is 2. The molecule has 0 spiro atoms. The summed E-state index contributed by atoms with van der Waals surface area (Å²) in [4.78, 5) is 12.3. The molecular weight excluding hydrogens is 288 g/mol. The lowest BCUT2D eigenvalue weighted by atomic mass is 10.3. The summed E-state index contributed by atoms with van der Waals surface area (Å²) in [5.41, 5.74) is 0.774. The van der Waals surface area contributed by atoms with E-state index in [9.17, 15) is 4.79 Å². The second kappa shape index (κ2) is 5.95. The van der Waals surface area contributed by atoms with Gasteiger partial charge in [-0.15, -0.1) is 11.3 Å². The van der Waals surface area contributed by atoms with Gasteiger partial charge in [0, 0.05) is 10.7 Å². The smallest absolute Gasteiger partial charge is 0.267 e. The summed E-state index contributed by atoms with van der Waals surface area (Å²) in [5.74, 6) is -0.212. The molecule has 1 heterocycles. The van der Waals surface area contributed by atoms with E-state index in [-0.39, 0.29) is 11.0 Å². The molecule has 0 aliphatic heterocycles. The van der Waals surface area contributed by atoms with Crippen molar-refractivity contribution in [1.82, 2.24) is 5.32 Å². The molecule has 18 heavy (non-hydrogen) atoms. The van der Waals surface area contributed by atoms with Crippen molar-refractivity contribution < 1.29 is 4.79 Å². The first-order valence-corrected chi connectivity index (χ1v) is 6.73. The van der Waals surface area contributed by atoms with Gasteiger partial charge in [-0.3, -0.25) is 10.1 Å². The van der Waals surface area contributed by atoms with E-state index < -0.39 is 0 Å². The molecule has 0 unspecified atom stereocenters. The Bertz CT molecular complexity index is 552. The van der Waals surface area contributed by atoms with Crippen LogP contribution in [0, 0.1) is 0 Å². The number of thiophene rings is 1. The van der Waals surface area contributed by atoms with Gasteiger partial charge >= 0.3 is 0 Å². The van der Waals surface area contributed by atoms with Gasteiger partial charge in [-0.05, 0) is 47.9 Å². The first-order valence-electron chi connectivity index (χ1n) is 5.06. The molecule has 0 aliphatic carbocycles. The van der Waals surface area contributed by atoms with Crippen LogP contribution in [-0.4, -0.2) is 11.0 Å². The Kier molecular flexibility index (Phi) is 4.30. The van der Waals surface area contributed by atoms with Crippen molar-refractivity contribution in [1.29, 1.82) is 0 Å². The quantitative estimate of drug-likeness (QED) is 0.833. The molecule has 0 aliphatic rings. The molecule has 0 fully saturated rings. The monoisotopic (exact) mass is 296 g/mol. The zero-order valence-electron chi connectivity index (χ0n) is 9.14. The number of benzene rings is 1. The van der Waals surface area contributed by atoms with Gasteiger partial charge in [0.25, 0.3) is 5.91 Å². The minimum Gasteiger partial charge on any atom is -0.332 e. The van der Waals surface area contributed by atoms with Gasteiger partial charge in [0.2, 0.25) is 0 Å². The summed E-state index contributed by atoms with van der Waals surface area (Å²) in [6.07, 6.45) is 0. The fraction of sp³-hybridized carbons (Fsp3) is 0. The summed E-state index contributed by atoms with van der Waals surface area (Å²) < 4.78 is 0. The third-order valence-electron chi connectivity index (χ3n) is 2.07. The Hall–Kier alpha value is -1.43. The van der Waals surface area contributed by atoms with E-state index in [2.05, 4.69) is 10.6 Å². The standard InChI is InChI=1S/C12H9ClN2OS2/c13-8-3-5-9(6-4-8)14-12(17)15-11(16)10-2-1-7-18-10/h1-7H,(H2,14,15,16,17). The summed E-state index contributed by atoms with van der Waals surface area (Å²) in [5, 5.41) is 8.26. The van der Waals surface area contributed by atoms with Crippen molar-refractivity contribution in [3.05, 3.63) is 51.7 Å². The van der Waals surface area contributed by atoms with E-state index in [0.717, 1.165) is 5.69 Å². The van der Waals surface area contributed by atoms with Crippen molar-refractivity contribution in [2.75, 3.05) is 5.32 Å². The highest BCUT2D eigenvalue weighted by Gasteiger charge is 2.08. The molecule has 92 valence electrons. The Balaban J connectivity index is 1.93. The highest BCUT2D eigenvalue weighted by atomic mass is 35.5. The predicted octanol–water partition coefficient (Wildman–Crippen LogP) is 3.53. The molecule has 2 aromatic rings. The van der Waals surface area contributed by atoms with Crippen LogP contribution in [0.2, 0.25) is 5.02 Å². The van der Waals surface area contributed by atoms with Crippen LogP contribution in [0.3, 0.4) is 0 Å². The topological polar surface area (TPSA) is 41.1 Å². The predicted molar refractivity (Wildman–Crippen MR) is 79.5 cm³/mol. The Morgan fingerprint density at radius 3 is 2.56 bits per heavy atom. The molecule has 3 nitrogen and oxygen atoms in total. The largest absolute Gasteiger partial charge is 0.332 e. The van der Waals surface area contributed by atoms with E-state index in [1.807, 2.05) is 11.4 Å². The van der Waals surface area contributed by atoms with Crippen LogP contribution in [0.25, 0.3) is 0 Å². The molecule has 2 N–H and O–H groups in total. The molecule has 0 saturated carbocycles. The fourth-order valence-corrected chi connectivity index (χ4v) is 2.22. The summed E-state index contributed by atoms with van der Waals surface area (Å²) in [6, 6.07) is 10.6. The number of amides is 1. The Labute approximate surface area is 119 Å². The second-order valence-electron chi connectivity index (χ2n) is 3.39. The second-order valence-corrected chi connectivity index (χ2v) is 5.18. The SMILES string of the molecule is O=C(NC(=S)Nc1ccc(Cl)cc1)c1cccs1. The summed E-state index contributed by atoms with van der Waals surface area (Å²) in [7, 11) is 0. The van der Waals surface area contributed by atoms with E-state index in [0.29, 0.717) is 9.90 Å². The van der Waals surface area contributed by atoms with Gasteiger partial charge in [0.1, 0.15) is 0 Å². The van der Waals surface area contributed by atoms with Crippen molar-refractivity contribution in [2.24, 2.45) is 0 Å². The number of hydrogen-bond donors (Lipinski definition) is 2. The average molecular weight is 297 g/mol. The number of halogens is 1. The van der Waals surface area contributed by atoms with Crippen LogP contribution in [-0.2, 0) is 0 Å². The molecule has 6 heteroatoms. The van der Waals surface area contributed by atoms with E-state index >= 15 is 0 Å². The Morgan fingerprint density at radius 2 is 1.94 bits per heavy atom. The first-order chi connectivity index (χ1) is 8.65. The number of hydrogen-bond acceptors (Lipinski definition) is 3. The van der Waals surface area contributed by atoms with E-state index in [1.54, 1.807) is 30.3 Å². The number of anilines is 1. The van der Waals surface area contributed by atoms with Gasteiger partial charge in [0.05, 0.1) is 4.88 Å². The number of carbonyl (C=O) groups excluding carboxylic acids is 1. The number of carbonyl (C=O) groups is 1. The van der Waals surface area contributed by atoms with Crippen LogP contribution in [0.15, 0.2) is 41.8 Å². The maximum absolute atomic E-state index is 11.7. The van der Waals surface area contributed by atoms with Crippen LogP contribution in [0.1, 0.15) is 9.67 Å². The summed E-state index contributed by atoms with van der Waals surface area (Å²) >= 11 is 12.2. The lowest BCUT2D eigenvalue weighted by molar-refractivity contribution is 0.0981. The molecule has 0 bridgehead atoms. The summed E-state index contributed by atoms with van der Waals surface area (Å²) in [6.45, 7) is 0. The molecule has 1 aromatic carbocycles. The van der Waals surface area contributed by atoms with Crippen LogP contribution < -0.4 is 10.6 Å². The normalized spacial score (nSPS) is 9.83. The molecular formula is C12H9ClN2OS2. The molecule has 1 amide bonds. The highest BCUT2D eigenvalue weighted by Crippen LogP contribution is 2.13. The molecule has 2 rings (SSSR count). The van der Waals surface area contributed by atoms with Crippen LogP contribution in [0.5, 0.6) is 0 Å². The maximum Gasteiger partial charge on any atom is 0.267 e. The molecule has 0 radical (unpaired) electrons. The fourth-order valence-electron chi connectivity index (χ4n) is 1.27. The molecule has 1 aromatic heterocycles. The van der Waals surface area contributed by atoms with Crippen LogP contribution in [0.4, 0.5) is 5.69 Å². The first kappa shape index (κ1) is 13.0. The van der Waals surface area contributed by atoms with Gasteiger partial charge in [0.15, 0.2) is 5.11 Å². The van der Waals surface area contributed by atoms with Crippen molar-refractivity contribution >= 4 is 51.9 Å². The zero-order valence-corrected chi connectivity index (χ0v) is 11.5. The third-order valence-corrected chi connectivity index (χ3v) is 3.40. The zero-order chi connectivity index (χ0) is 13.0. The maximum atomic E-state index is 11.7. The van der Waals surface area contributed by atoms with Crippen molar-refractivity contribution in [2.45, 2.75) is 0 Å². The van der Waals surface area contributed by atoms with Gasteiger partial charge in [-0.25, -0.2) is 0 Å². The highest BCUT2D eigenvalue weighted by molar-refractivity contribution is 7.80. The average Bonchev–Trinajstić information content (AvgIpc) is 2.85. The van der Waals surface area contributed by atoms with Gasteiger partial charge in [-0.2, -0.15) is 0 Å². The third kappa shape index (κ3) is 3.53. The Morgan fingerprint density at radius 1 is 1.22 bits per heavy atom. The minimum atomic E-state index is -0.212. The van der Waals surface area contributed by atoms with Crippen molar-refractivity contribution in [3.8, 4) is 0 Å². The number of nitrogens with one attached hydrogen (secondary N) is 2. The van der Waals surface area contributed by atoms with E-state index in [1.165, 1.54) is 11.3 Å². The number of thiocarbonyl (C=S) groups is 1. The van der Waals surface area contributed by atoms with E-state index in [4.69, 9.17) is 23.8 Å².